The molecule has 2 rings (SSSR count). The molecule has 0 aliphatic rings. The maximum atomic E-state index is 9.93. The van der Waals surface area contributed by atoms with Crippen molar-refractivity contribution in [3.05, 3.63) is 50.6 Å². The molecule has 0 aliphatic carbocycles. The number of para-hydroxylation sites is 1. The van der Waals surface area contributed by atoms with Crippen LogP contribution in [0.15, 0.2) is 40.2 Å². The molecule has 96 valence electrons. The second-order valence-corrected chi connectivity index (χ2v) is 5.89. The van der Waals surface area contributed by atoms with Crippen molar-refractivity contribution in [1.82, 2.24) is 0 Å². The first kappa shape index (κ1) is 13.6. The minimum atomic E-state index is -0.462. The minimum Gasteiger partial charge on any atom is -0.488 e. The molecule has 1 heterocycles. The molecule has 18 heavy (non-hydrogen) atoms. The molecule has 0 spiro atoms. The third-order valence-electron chi connectivity index (χ3n) is 2.66. The van der Waals surface area contributed by atoms with Gasteiger partial charge in [0.15, 0.2) is 0 Å². The van der Waals surface area contributed by atoms with Crippen molar-refractivity contribution in [1.29, 1.82) is 0 Å². The number of rotatable bonds is 5. The van der Waals surface area contributed by atoms with Crippen LogP contribution in [0.1, 0.15) is 29.9 Å². The molecule has 1 N–H and O–H groups in total. The average Bonchev–Trinajstić information content (AvgIpc) is 2.81. The zero-order valence-electron chi connectivity index (χ0n) is 10.1. The van der Waals surface area contributed by atoms with Crippen LogP contribution in [0.2, 0.25) is 0 Å². The van der Waals surface area contributed by atoms with Crippen LogP contribution in [0, 0.1) is 0 Å². The zero-order valence-corrected chi connectivity index (χ0v) is 12.5. The molecule has 4 heteroatoms. The summed E-state index contributed by atoms with van der Waals surface area (Å²) in [6, 6.07) is 9.70. The van der Waals surface area contributed by atoms with Crippen molar-refractivity contribution in [2.75, 3.05) is 0 Å². The maximum Gasteiger partial charge on any atom is 0.125 e. The second kappa shape index (κ2) is 6.36. The van der Waals surface area contributed by atoms with Gasteiger partial charge < -0.3 is 9.84 Å². The van der Waals surface area contributed by atoms with Crippen LogP contribution in [-0.2, 0) is 6.61 Å². The van der Waals surface area contributed by atoms with E-state index in [2.05, 4.69) is 15.9 Å². The third-order valence-corrected chi connectivity index (χ3v) is 4.33. The van der Waals surface area contributed by atoms with Crippen LogP contribution in [0.4, 0.5) is 0 Å². The first-order valence-corrected chi connectivity index (χ1v) is 7.50. The fraction of sp³-hybridized carbons (Fsp3) is 0.286. The highest BCUT2D eigenvalue weighted by molar-refractivity contribution is 9.10. The van der Waals surface area contributed by atoms with Crippen LogP contribution in [0.3, 0.4) is 0 Å². The molecule has 0 amide bonds. The van der Waals surface area contributed by atoms with E-state index in [9.17, 15) is 5.11 Å². The standard InChI is InChI=1S/C14H15BrO2S/c1-2-13(16)12-5-3-4-6-14(12)17-8-11-7-10(15)9-18-11/h3-7,9,13,16H,2,8H2,1H3/t13-/m0/s1. The lowest BCUT2D eigenvalue weighted by atomic mass is 10.1. The summed E-state index contributed by atoms with van der Waals surface area (Å²) in [6.45, 7) is 2.49. The number of benzene rings is 1. The number of aliphatic hydroxyl groups is 1. The number of hydrogen-bond acceptors (Lipinski definition) is 3. The Bertz CT molecular complexity index is 510. The van der Waals surface area contributed by atoms with E-state index in [-0.39, 0.29) is 0 Å². The van der Waals surface area contributed by atoms with Gasteiger partial charge in [-0.2, -0.15) is 0 Å². The number of aliphatic hydroxyl groups excluding tert-OH is 1. The maximum absolute atomic E-state index is 9.93. The molecule has 0 aliphatic heterocycles. The second-order valence-electron chi connectivity index (χ2n) is 3.98. The lowest BCUT2D eigenvalue weighted by Crippen LogP contribution is -2.01. The molecule has 2 nitrogen and oxygen atoms in total. The van der Waals surface area contributed by atoms with Gasteiger partial charge in [-0.3, -0.25) is 0 Å². The zero-order chi connectivity index (χ0) is 13.0. The van der Waals surface area contributed by atoms with Gasteiger partial charge in [0.1, 0.15) is 12.4 Å². The quantitative estimate of drug-likeness (QED) is 0.874. The summed E-state index contributed by atoms with van der Waals surface area (Å²) < 4.78 is 6.87. The molecule has 0 fully saturated rings. The summed E-state index contributed by atoms with van der Waals surface area (Å²) in [5.74, 6) is 0.761. The van der Waals surface area contributed by atoms with Gasteiger partial charge in [-0.1, -0.05) is 25.1 Å². The minimum absolute atomic E-state index is 0.462. The van der Waals surface area contributed by atoms with Gasteiger partial charge in [0.05, 0.1) is 6.10 Å². The van der Waals surface area contributed by atoms with Crippen molar-refractivity contribution in [2.45, 2.75) is 26.1 Å². The normalized spacial score (nSPS) is 12.4. The molecule has 1 aromatic carbocycles. The molecule has 2 aromatic rings. The van der Waals surface area contributed by atoms with E-state index in [0.29, 0.717) is 13.0 Å². The lowest BCUT2D eigenvalue weighted by Gasteiger charge is -2.14. The summed E-state index contributed by atoms with van der Waals surface area (Å²) in [4.78, 5) is 1.16. The molecule has 1 aromatic heterocycles. The smallest absolute Gasteiger partial charge is 0.125 e. The van der Waals surface area contributed by atoms with E-state index < -0.39 is 6.10 Å². The number of halogens is 1. The van der Waals surface area contributed by atoms with Gasteiger partial charge >= 0.3 is 0 Å². The largest absolute Gasteiger partial charge is 0.488 e. The van der Waals surface area contributed by atoms with E-state index in [1.807, 2.05) is 42.6 Å². The van der Waals surface area contributed by atoms with Crippen molar-refractivity contribution < 1.29 is 9.84 Å². The van der Waals surface area contributed by atoms with Crippen molar-refractivity contribution in [3.63, 3.8) is 0 Å². The SMILES string of the molecule is CC[C@H](O)c1ccccc1OCc1cc(Br)cs1. The van der Waals surface area contributed by atoms with E-state index in [1.54, 1.807) is 11.3 Å². The highest BCUT2D eigenvalue weighted by Crippen LogP contribution is 2.28. The van der Waals surface area contributed by atoms with E-state index in [1.165, 1.54) is 0 Å². The molecule has 0 bridgehead atoms. The first-order chi connectivity index (χ1) is 8.70. The average molecular weight is 327 g/mol. The Kier molecular flexibility index (Phi) is 4.80. The van der Waals surface area contributed by atoms with Gasteiger partial charge in [-0.05, 0) is 34.5 Å². The summed E-state index contributed by atoms with van der Waals surface area (Å²) in [5.41, 5.74) is 0.857. The Labute approximate surface area is 119 Å². The third kappa shape index (κ3) is 3.34. The number of hydrogen-bond donors (Lipinski definition) is 1. The summed E-state index contributed by atoms with van der Waals surface area (Å²) in [6.07, 6.45) is 0.224. The van der Waals surface area contributed by atoms with Gasteiger partial charge in [-0.15, -0.1) is 11.3 Å². The highest BCUT2D eigenvalue weighted by atomic mass is 79.9. The number of thiophene rings is 1. The Morgan fingerprint density at radius 3 is 2.83 bits per heavy atom. The van der Waals surface area contributed by atoms with Crippen molar-refractivity contribution >= 4 is 27.3 Å². The fourth-order valence-electron chi connectivity index (χ4n) is 1.69. The molecule has 0 unspecified atom stereocenters. The predicted molar refractivity (Wildman–Crippen MR) is 78.0 cm³/mol. The van der Waals surface area contributed by atoms with Crippen LogP contribution in [0.5, 0.6) is 5.75 Å². The summed E-state index contributed by atoms with van der Waals surface area (Å²) in [7, 11) is 0. The van der Waals surface area contributed by atoms with Gasteiger partial charge in [-0.25, -0.2) is 0 Å². The van der Waals surface area contributed by atoms with Gasteiger partial charge in [0.2, 0.25) is 0 Å². The fourth-order valence-corrected chi connectivity index (χ4v) is 3.05. The van der Waals surface area contributed by atoms with Crippen LogP contribution in [0.25, 0.3) is 0 Å². The monoisotopic (exact) mass is 326 g/mol. The molecular formula is C14H15BrO2S. The van der Waals surface area contributed by atoms with Gasteiger partial charge in [0.25, 0.3) is 0 Å². The topological polar surface area (TPSA) is 29.5 Å². The number of ether oxygens (including phenoxy) is 1. The Balaban J connectivity index is 2.09. The Morgan fingerprint density at radius 2 is 2.17 bits per heavy atom. The summed E-state index contributed by atoms with van der Waals surface area (Å²) in [5, 5.41) is 12.0. The lowest BCUT2D eigenvalue weighted by molar-refractivity contribution is 0.166. The van der Waals surface area contributed by atoms with E-state index in [4.69, 9.17) is 4.74 Å². The molecule has 0 saturated carbocycles. The molecule has 0 saturated heterocycles. The van der Waals surface area contributed by atoms with Crippen LogP contribution < -0.4 is 4.74 Å². The Morgan fingerprint density at radius 1 is 1.39 bits per heavy atom. The van der Waals surface area contributed by atoms with E-state index in [0.717, 1.165) is 20.7 Å². The summed E-state index contributed by atoms with van der Waals surface area (Å²) >= 11 is 5.08. The van der Waals surface area contributed by atoms with Crippen LogP contribution in [-0.4, -0.2) is 5.11 Å². The van der Waals surface area contributed by atoms with Crippen LogP contribution >= 0.6 is 27.3 Å². The Hall–Kier alpha value is -0.840. The van der Waals surface area contributed by atoms with E-state index >= 15 is 0 Å². The van der Waals surface area contributed by atoms with Gasteiger partial charge in [0, 0.05) is 20.3 Å². The van der Waals surface area contributed by atoms with Crippen molar-refractivity contribution in [3.8, 4) is 5.75 Å². The molecule has 1 atom stereocenters. The van der Waals surface area contributed by atoms with Crippen molar-refractivity contribution in [2.24, 2.45) is 0 Å². The predicted octanol–water partition coefficient (Wildman–Crippen LogP) is 4.53. The molecule has 0 radical (unpaired) electrons. The first-order valence-electron chi connectivity index (χ1n) is 5.83. The molecular weight excluding hydrogens is 312 g/mol. The highest BCUT2D eigenvalue weighted by Gasteiger charge is 2.11.